The van der Waals surface area contributed by atoms with Gasteiger partial charge in [0, 0.05) is 29.6 Å². The molecule has 9 heteroatoms. The number of amides is 1. The highest BCUT2D eigenvalue weighted by molar-refractivity contribution is 7.89. The van der Waals surface area contributed by atoms with Crippen molar-refractivity contribution < 1.29 is 18.3 Å². The number of hydrogen-bond acceptors (Lipinski definition) is 5. The van der Waals surface area contributed by atoms with Crippen LogP contribution in [-0.4, -0.2) is 37.6 Å². The van der Waals surface area contributed by atoms with Gasteiger partial charge in [-0.25, -0.2) is 13.1 Å². The summed E-state index contributed by atoms with van der Waals surface area (Å²) >= 11 is 6.25. The monoisotopic (exact) mass is 431 g/mol. The predicted octanol–water partition coefficient (Wildman–Crippen LogP) is 2.92. The number of carbonyl (C=O) groups is 1. The van der Waals surface area contributed by atoms with Gasteiger partial charge in [0.25, 0.3) is 5.91 Å². The van der Waals surface area contributed by atoms with Gasteiger partial charge < -0.3 is 10.4 Å². The van der Waals surface area contributed by atoms with E-state index in [9.17, 15) is 13.2 Å². The fourth-order valence-corrected chi connectivity index (χ4v) is 3.87. The van der Waals surface area contributed by atoms with Gasteiger partial charge in [0.1, 0.15) is 0 Å². The molecule has 0 fully saturated rings. The number of aliphatic hydroxyl groups excluding tert-OH is 1. The van der Waals surface area contributed by atoms with Crippen LogP contribution in [0.25, 0.3) is 11.3 Å². The number of sulfonamides is 1. The maximum Gasteiger partial charge on any atom is 0.255 e. The molecule has 0 saturated carbocycles. The first-order chi connectivity index (χ1) is 13.9. The van der Waals surface area contributed by atoms with Crippen LogP contribution in [0.2, 0.25) is 5.02 Å². The third kappa shape index (κ3) is 5.18. The Morgan fingerprint density at radius 2 is 1.90 bits per heavy atom. The number of pyridine rings is 1. The summed E-state index contributed by atoms with van der Waals surface area (Å²) in [6.07, 6.45) is 1.65. The van der Waals surface area contributed by atoms with Gasteiger partial charge in [-0.05, 0) is 48.5 Å². The number of aliphatic hydroxyl groups is 1. The molecule has 0 atom stereocenters. The van der Waals surface area contributed by atoms with Gasteiger partial charge in [0.2, 0.25) is 10.0 Å². The van der Waals surface area contributed by atoms with Crippen LogP contribution in [0.3, 0.4) is 0 Å². The van der Waals surface area contributed by atoms with Crippen molar-refractivity contribution in [1.29, 1.82) is 0 Å². The van der Waals surface area contributed by atoms with Crippen molar-refractivity contribution in [2.75, 3.05) is 18.5 Å². The third-order valence-electron chi connectivity index (χ3n) is 3.98. The quantitative estimate of drug-likeness (QED) is 0.533. The summed E-state index contributed by atoms with van der Waals surface area (Å²) < 4.78 is 26.6. The van der Waals surface area contributed by atoms with Crippen LogP contribution in [0.4, 0.5) is 5.69 Å². The van der Waals surface area contributed by atoms with E-state index in [0.717, 1.165) is 0 Å². The molecule has 0 saturated heterocycles. The molecule has 1 heterocycles. The summed E-state index contributed by atoms with van der Waals surface area (Å²) in [5.74, 6) is -0.474. The Balaban J connectivity index is 1.84. The number of rotatable bonds is 7. The summed E-state index contributed by atoms with van der Waals surface area (Å²) in [6.45, 7) is -0.436. The number of benzene rings is 2. The van der Waals surface area contributed by atoms with Crippen LogP contribution in [-0.2, 0) is 10.0 Å². The van der Waals surface area contributed by atoms with Crippen LogP contribution in [0.5, 0.6) is 0 Å². The average molecular weight is 432 g/mol. The van der Waals surface area contributed by atoms with Gasteiger partial charge in [0.05, 0.1) is 22.2 Å². The lowest BCUT2D eigenvalue weighted by Gasteiger charge is -2.10. The van der Waals surface area contributed by atoms with Crippen LogP contribution < -0.4 is 10.0 Å². The molecule has 150 valence electrons. The van der Waals surface area contributed by atoms with E-state index in [1.165, 1.54) is 24.3 Å². The zero-order valence-electron chi connectivity index (χ0n) is 15.2. The molecule has 0 bridgehead atoms. The van der Waals surface area contributed by atoms with Gasteiger partial charge >= 0.3 is 0 Å². The Morgan fingerprint density at radius 1 is 1.07 bits per heavy atom. The van der Waals surface area contributed by atoms with E-state index in [2.05, 4.69) is 15.0 Å². The fraction of sp³-hybridized carbons (Fsp3) is 0.100. The second-order valence-electron chi connectivity index (χ2n) is 6.01. The highest BCUT2D eigenvalue weighted by Crippen LogP contribution is 2.29. The Hall–Kier alpha value is -2.78. The second kappa shape index (κ2) is 9.15. The zero-order valence-corrected chi connectivity index (χ0v) is 16.7. The fourth-order valence-electron chi connectivity index (χ4n) is 2.59. The molecule has 0 radical (unpaired) electrons. The maximum absolute atomic E-state index is 12.6. The molecule has 1 amide bonds. The molecule has 29 heavy (non-hydrogen) atoms. The number of carbonyl (C=O) groups excluding carboxylic acids is 1. The molecule has 0 aliphatic heterocycles. The van der Waals surface area contributed by atoms with E-state index in [4.69, 9.17) is 16.7 Å². The topological polar surface area (TPSA) is 108 Å². The van der Waals surface area contributed by atoms with E-state index in [0.29, 0.717) is 22.0 Å². The SMILES string of the molecule is O=C(Nc1ccc(Cl)c(-c2ccccn2)c1)c1cccc(S(=O)(=O)NCCO)c1. The normalized spacial score (nSPS) is 11.2. The van der Waals surface area contributed by atoms with Crippen LogP contribution in [0, 0.1) is 0 Å². The molecular formula is C20H18ClN3O4S. The molecule has 2 aromatic carbocycles. The molecule has 7 nitrogen and oxygen atoms in total. The smallest absolute Gasteiger partial charge is 0.255 e. The maximum atomic E-state index is 12.6. The first-order valence-electron chi connectivity index (χ1n) is 8.63. The average Bonchev–Trinajstić information content (AvgIpc) is 2.74. The van der Waals surface area contributed by atoms with Crippen molar-refractivity contribution in [1.82, 2.24) is 9.71 Å². The van der Waals surface area contributed by atoms with Crippen LogP contribution in [0.1, 0.15) is 10.4 Å². The minimum Gasteiger partial charge on any atom is -0.395 e. The van der Waals surface area contributed by atoms with Crippen molar-refractivity contribution in [2.45, 2.75) is 4.90 Å². The highest BCUT2D eigenvalue weighted by Gasteiger charge is 2.16. The standard InChI is InChI=1S/C20H18ClN3O4S/c21-18-8-7-15(13-17(18)19-6-1-2-9-22-19)24-20(26)14-4-3-5-16(12-14)29(27,28)23-10-11-25/h1-9,12-13,23,25H,10-11H2,(H,24,26). The lowest BCUT2D eigenvalue weighted by atomic mass is 10.1. The van der Waals surface area contributed by atoms with Gasteiger partial charge in [-0.15, -0.1) is 0 Å². The Labute approximate surface area is 173 Å². The number of anilines is 1. The molecule has 3 rings (SSSR count). The van der Waals surface area contributed by atoms with Crippen molar-refractivity contribution >= 4 is 33.2 Å². The molecule has 3 aromatic rings. The van der Waals surface area contributed by atoms with E-state index in [-0.39, 0.29) is 23.6 Å². The van der Waals surface area contributed by atoms with Gasteiger partial charge in [0.15, 0.2) is 0 Å². The van der Waals surface area contributed by atoms with E-state index >= 15 is 0 Å². The highest BCUT2D eigenvalue weighted by atomic mass is 35.5. The number of halogens is 1. The zero-order chi connectivity index (χ0) is 20.9. The van der Waals surface area contributed by atoms with Crippen molar-refractivity contribution in [3.63, 3.8) is 0 Å². The molecule has 0 aliphatic rings. The molecule has 3 N–H and O–H groups in total. The summed E-state index contributed by atoms with van der Waals surface area (Å²) in [6, 6.07) is 16.1. The first kappa shape index (κ1) is 20.9. The number of hydrogen-bond donors (Lipinski definition) is 3. The van der Waals surface area contributed by atoms with Gasteiger partial charge in [-0.3, -0.25) is 9.78 Å². The minimum absolute atomic E-state index is 0.0659. The summed E-state index contributed by atoms with van der Waals surface area (Å²) in [4.78, 5) is 16.8. The van der Waals surface area contributed by atoms with Crippen LogP contribution in [0.15, 0.2) is 71.8 Å². The van der Waals surface area contributed by atoms with Crippen molar-refractivity contribution in [3.05, 3.63) is 77.4 Å². The van der Waals surface area contributed by atoms with Crippen LogP contribution >= 0.6 is 11.6 Å². The number of nitrogens with one attached hydrogen (secondary N) is 2. The first-order valence-corrected chi connectivity index (χ1v) is 10.5. The summed E-state index contributed by atoms with van der Waals surface area (Å²) in [7, 11) is -3.82. The summed E-state index contributed by atoms with van der Waals surface area (Å²) in [5, 5.41) is 12.0. The Bertz CT molecular complexity index is 1120. The predicted molar refractivity (Wildman–Crippen MR) is 111 cm³/mol. The van der Waals surface area contributed by atoms with E-state index in [1.54, 1.807) is 36.5 Å². The lowest BCUT2D eigenvalue weighted by molar-refractivity contribution is 0.102. The van der Waals surface area contributed by atoms with E-state index in [1.807, 2.05) is 6.07 Å². The molecule has 0 spiro atoms. The van der Waals surface area contributed by atoms with Gasteiger partial charge in [-0.1, -0.05) is 23.7 Å². The largest absolute Gasteiger partial charge is 0.395 e. The Kier molecular flexibility index (Phi) is 6.60. The number of aromatic nitrogens is 1. The third-order valence-corrected chi connectivity index (χ3v) is 5.76. The Morgan fingerprint density at radius 3 is 2.62 bits per heavy atom. The molecule has 0 aliphatic carbocycles. The molecule has 1 aromatic heterocycles. The lowest BCUT2D eigenvalue weighted by Crippen LogP contribution is -2.27. The molecular weight excluding hydrogens is 414 g/mol. The molecule has 0 unspecified atom stereocenters. The summed E-state index contributed by atoms with van der Waals surface area (Å²) in [5.41, 5.74) is 1.99. The minimum atomic E-state index is -3.82. The number of nitrogens with zero attached hydrogens (tertiary/aromatic N) is 1. The van der Waals surface area contributed by atoms with Crippen molar-refractivity contribution in [2.24, 2.45) is 0 Å². The van der Waals surface area contributed by atoms with E-state index < -0.39 is 15.9 Å². The van der Waals surface area contributed by atoms with Crippen molar-refractivity contribution in [3.8, 4) is 11.3 Å². The van der Waals surface area contributed by atoms with Gasteiger partial charge in [-0.2, -0.15) is 0 Å². The second-order valence-corrected chi connectivity index (χ2v) is 8.19.